The van der Waals surface area contributed by atoms with Crippen molar-refractivity contribution in [2.24, 2.45) is 0 Å². The van der Waals surface area contributed by atoms with Gasteiger partial charge in [0, 0.05) is 25.1 Å². The van der Waals surface area contributed by atoms with Gasteiger partial charge in [0.25, 0.3) is 0 Å². The van der Waals surface area contributed by atoms with Gasteiger partial charge in [-0.3, -0.25) is 9.59 Å². The highest BCUT2D eigenvalue weighted by Crippen LogP contribution is 2.05. The molecule has 26 heavy (non-hydrogen) atoms. The fraction of sp³-hybridized carbons (Fsp3) is 0.905. The lowest BCUT2D eigenvalue weighted by molar-refractivity contribution is -0.123. The number of hydrogen-bond acceptors (Lipinski definition) is 4. The van der Waals surface area contributed by atoms with Gasteiger partial charge in [0.2, 0.25) is 6.41 Å². The second-order valence-corrected chi connectivity index (χ2v) is 6.59. The van der Waals surface area contributed by atoms with Crippen LogP contribution in [0.15, 0.2) is 0 Å². The molecule has 158 valence electrons. The van der Waals surface area contributed by atoms with Crippen LogP contribution in [0.5, 0.6) is 0 Å². The highest BCUT2D eigenvalue weighted by atomic mass is 16.2. The van der Waals surface area contributed by atoms with Crippen LogP contribution in [0.4, 0.5) is 0 Å². The van der Waals surface area contributed by atoms with Crippen LogP contribution in [0.1, 0.15) is 99.8 Å². The van der Waals surface area contributed by atoms with Gasteiger partial charge in [0.1, 0.15) is 0 Å². The first kappa shape index (κ1) is 29.8. The first-order valence-corrected chi connectivity index (χ1v) is 10.5. The number of ketones is 1. The normalized spacial score (nSPS) is 12.2. The van der Waals surface area contributed by atoms with Crippen LogP contribution in [0.2, 0.25) is 0 Å². The molecule has 0 bridgehead atoms. The first-order chi connectivity index (χ1) is 12.4. The predicted molar refractivity (Wildman–Crippen MR) is 112 cm³/mol. The number of rotatable bonds is 14. The van der Waals surface area contributed by atoms with E-state index >= 15 is 0 Å². The molecule has 0 aliphatic carbocycles. The van der Waals surface area contributed by atoms with Crippen LogP contribution < -0.4 is 10.6 Å². The molecule has 0 rings (SSSR count). The highest BCUT2D eigenvalue weighted by molar-refractivity contribution is 5.85. The summed E-state index contributed by atoms with van der Waals surface area (Å²) in [7, 11) is 0. The Hall–Kier alpha value is -0.940. The molecule has 2 atom stereocenters. The smallest absolute Gasteiger partial charge is 0.207 e. The minimum absolute atomic E-state index is 0.128. The molecule has 1 amide bonds. The number of Topliss-reactive ketones (excluding diaryl/α,β-unsaturated/α-hetero) is 1. The fourth-order valence-corrected chi connectivity index (χ4v) is 2.48. The third-order valence-corrected chi connectivity index (χ3v) is 3.77. The van der Waals surface area contributed by atoms with Gasteiger partial charge in [-0.25, -0.2) is 0 Å². The lowest BCUT2D eigenvalue weighted by atomic mass is 10.0. The summed E-state index contributed by atoms with van der Waals surface area (Å²) in [5.74, 6) is 0.128. The summed E-state index contributed by atoms with van der Waals surface area (Å²) in [5, 5.41) is 14.5. The summed E-state index contributed by atoms with van der Waals surface area (Å²) in [5.41, 5.74) is 0. The van der Waals surface area contributed by atoms with E-state index in [4.69, 9.17) is 5.11 Å². The van der Waals surface area contributed by atoms with E-state index in [0.717, 1.165) is 38.5 Å². The van der Waals surface area contributed by atoms with Crippen molar-refractivity contribution in [3.8, 4) is 0 Å². The number of hydrogen-bond donors (Lipinski definition) is 3. The van der Waals surface area contributed by atoms with Crippen LogP contribution in [-0.4, -0.2) is 42.0 Å². The second-order valence-electron chi connectivity index (χ2n) is 6.59. The van der Waals surface area contributed by atoms with E-state index in [0.29, 0.717) is 31.5 Å². The highest BCUT2D eigenvalue weighted by Gasteiger charge is 2.14. The minimum Gasteiger partial charge on any atom is -0.396 e. The molecule has 0 saturated carbocycles. The van der Waals surface area contributed by atoms with Crippen molar-refractivity contribution in [2.45, 2.75) is 118 Å². The van der Waals surface area contributed by atoms with Crippen molar-refractivity contribution >= 4 is 12.2 Å². The van der Waals surface area contributed by atoms with Crippen LogP contribution in [-0.2, 0) is 9.59 Å². The maximum atomic E-state index is 11.3. The topological polar surface area (TPSA) is 78.4 Å². The molecule has 0 aromatic carbocycles. The molecule has 0 heterocycles. The first-order valence-electron chi connectivity index (χ1n) is 10.5. The van der Waals surface area contributed by atoms with E-state index in [2.05, 4.69) is 38.3 Å². The number of amides is 1. The SMILES string of the molecule is CC.CC(C)NC(C)CCCCO.CCCCCC(NC=O)C(=O)CC. The lowest BCUT2D eigenvalue weighted by Gasteiger charge is -2.15. The molecule has 0 aromatic heterocycles. The zero-order valence-electron chi connectivity index (χ0n) is 18.4. The zero-order chi connectivity index (χ0) is 20.8. The monoisotopic (exact) mass is 374 g/mol. The number of aliphatic hydroxyl groups excluding tert-OH is 1. The van der Waals surface area contributed by atoms with Crippen LogP contribution >= 0.6 is 0 Å². The van der Waals surface area contributed by atoms with Crippen molar-refractivity contribution in [3.63, 3.8) is 0 Å². The second kappa shape index (κ2) is 24.1. The standard InChI is InChI=1S/C10H19NO2.C9H21NO.C2H6/c1-3-5-6-7-9(11-8-12)10(13)4-2;1-8(2)10-9(3)6-4-5-7-11;1-2/h8-9H,3-7H2,1-2H3,(H,11,12);8-11H,4-7H2,1-3H3;1-2H3. The number of aliphatic hydroxyl groups is 1. The van der Waals surface area contributed by atoms with Gasteiger partial charge in [-0.15, -0.1) is 0 Å². The number of nitrogens with one attached hydrogen (secondary N) is 2. The average Bonchev–Trinajstić information content (AvgIpc) is 2.62. The van der Waals surface area contributed by atoms with Crippen molar-refractivity contribution in [1.82, 2.24) is 10.6 Å². The Morgan fingerprint density at radius 2 is 1.58 bits per heavy atom. The minimum atomic E-state index is -0.256. The quantitative estimate of drug-likeness (QED) is 0.314. The zero-order valence-corrected chi connectivity index (χ0v) is 18.4. The van der Waals surface area contributed by atoms with E-state index in [1.807, 2.05) is 20.8 Å². The third-order valence-electron chi connectivity index (χ3n) is 3.77. The summed E-state index contributed by atoms with van der Waals surface area (Å²) in [6.45, 7) is 14.8. The fourth-order valence-electron chi connectivity index (χ4n) is 2.48. The van der Waals surface area contributed by atoms with E-state index in [1.54, 1.807) is 0 Å². The average molecular weight is 375 g/mol. The molecule has 0 fully saturated rings. The molecule has 5 heteroatoms. The Labute approximate surface area is 162 Å². The van der Waals surface area contributed by atoms with E-state index < -0.39 is 0 Å². The maximum absolute atomic E-state index is 11.3. The summed E-state index contributed by atoms with van der Waals surface area (Å²) in [4.78, 5) is 21.5. The molecule has 0 spiro atoms. The van der Waals surface area contributed by atoms with E-state index in [-0.39, 0.29) is 11.8 Å². The molecule has 0 aliphatic heterocycles. The van der Waals surface area contributed by atoms with Crippen molar-refractivity contribution in [1.29, 1.82) is 0 Å². The van der Waals surface area contributed by atoms with Gasteiger partial charge >= 0.3 is 0 Å². The molecule has 0 saturated heterocycles. The van der Waals surface area contributed by atoms with Crippen LogP contribution in [0, 0.1) is 0 Å². The predicted octanol–water partition coefficient (Wildman–Crippen LogP) is 4.22. The summed E-state index contributed by atoms with van der Waals surface area (Å²) >= 11 is 0. The van der Waals surface area contributed by atoms with E-state index in [9.17, 15) is 9.59 Å². The van der Waals surface area contributed by atoms with Crippen LogP contribution in [0.25, 0.3) is 0 Å². The van der Waals surface area contributed by atoms with Gasteiger partial charge in [-0.2, -0.15) is 0 Å². The Morgan fingerprint density at radius 1 is 1.00 bits per heavy atom. The van der Waals surface area contributed by atoms with Crippen molar-refractivity contribution < 1.29 is 14.7 Å². The van der Waals surface area contributed by atoms with Crippen LogP contribution in [0.3, 0.4) is 0 Å². The molecule has 2 unspecified atom stereocenters. The number of unbranched alkanes of at least 4 members (excludes halogenated alkanes) is 3. The Bertz CT molecular complexity index is 297. The van der Waals surface area contributed by atoms with E-state index in [1.165, 1.54) is 6.42 Å². The molecule has 3 N–H and O–H groups in total. The number of carbonyl (C=O) groups excluding carboxylic acids is 2. The Morgan fingerprint density at radius 3 is 2.00 bits per heavy atom. The Balaban J connectivity index is -0.000000375. The maximum Gasteiger partial charge on any atom is 0.207 e. The summed E-state index contributed by atoms with van der Waals surface area (Å²) < 4.78 is 0. The summed E-state index contributed by atoms with van der Waals surface area (Å²) in [6, 6.07) is 0.898. The Kier molecular flexibility index (Phi) is 27.6. The summed E-state index contributed by atoms with van der Waals surface area (Å²) in [6.07, 6.45) is 8.37. The largest absolute Gasteiger partial charge is 0.396 e. The van der Waals surface area contributed by atoms with Gasteiger partial charge < -0.3 is 15.7 Å². The lowest BCUT2D eigenvalue weighted by Crippen LogP contribution is -2.35. The molecule has 5 nitrogen and oxygen atoms in total. The van der Waals surface area contributed by atoms with Gasteiger partial charge in [-0.05, 0) is 32.6 Å². The molecule has 0 radical (unpaired) electrons. The van der Waals surface area contributed by atoms with Crippen molar-refractivity contribution in [2.75, 3.05) is 6.61 Å². The number of carbonyl (C=O) groups is 2. The molecule has 0 aliphatic rings. The molecular formula is C21H46N2O3. The molecule has 0 aromatic rings. The molecular weight excluding hydrogens is 328 g/mol. The van der Waals surface area contributed by atoms with Gasteiger partial charge in [0.05, 0.1) is 6.04 Å². The van der Waals surface area contributed by atoms with Gasteiger partial charge in [0.15, 0.2) is 5.78 Å². The van der Waals surface area contributed by atoms with Crippen molar-refractivity contribution in [3.05, 3.63) is 0 Å². The van der Waals surface area contributed by atoms with Gasteiger partial charge in [-0.1, -0.05) is 60.8 Å². The third kappa shape index (κ3) is 23.1.